The molecule has 4 rings (SSSR count). The monoisotopic (exact) mass is 351 g/mol. The van der Waals surface area contributed by atoms with E-state index in [0.717, 1.165) is 30.5 Å². The van der Waals surface area contributed by atoms with Crippen LogP contribution in [0.4, 0.5) is 0 Å². The molecule has 1 unspecified atom stereocenters. The molecule has 1 aliphatic carbocycles. The third-order valence-electron chi connectivity index (χ3n) is 4.95. The minimum Gasteiger partial charge on any atom is -0.348 e. The highest BCUT2D eigenvalue weighted by Crippen LogP contribution is 2.31. The first-order chi connectivity index (χ1) is 12.6. The fourth-order valence-corrected chi connectivity index (χ4v) is 3.43. The third kappa shape index (κ3) is 3.10. The van der Waals surface area contributed by atoms with Crippen LogP contribution in [0.5, 0.6) is 0 Å². The number of fused-ring (bicyclic) bond motifs is 1. The molecule has 1 atom stereocenters. The van der Waals surface area contributed by atoms with Crippen LogP contribution >= 0.6 is 0 Å². The molecule has 0 bridgehead atoms. The van der Waals surface area contributed by atoms with Gasteiger partial charge in [-0.25, -0.2) is 9.36 Å². The predicted octanol–water partition coefficient (Wildman–Crippen LogP) is 1.67. The predicted molar refractivity (Wildman–Crippen MR) is 94.7 cm³/mol. The van der Waals surface area contributed by atoms with E-state index in [0.29, 0.717) is 0 Å². The van der Waals surface area contributed by atoms with Gasteiger partial charge in [0.15, 0.2) is 0 Å². The number of nitrogens with zero attached hydrogens (tertiary/aromatic N) is 6. The molecule has 0 spiro atoms. The number of amides is 1. The van der Waals surface area contributed by atoms with Crippen molar-refractivity contribution in [2.45, 2.75) is 45.7 Å². The topological polar surface area (TPSA) is 90.5 Å². The first-order valence-electron chi connectivity index (χ1n) is 8.76. The van der Waals surface area contributed by atoms with Crippen molar-refractivity contribution in [3.8, 4) is 5.69 Å². The highest BCUT2D eigenvalue weighted by Gasteiger charge is 2.26. The Balaban J connectivity index is 1.56. The summed E-state index contributed by atoms with van der Waals surface area (Å²) < 4.78 is 3.42. The van der Waals surface area contributed by atoms with E-state index < -0.39 is 0 Å². The van der Waals surface area contributed by atoms with Crippen LogP contribution in [0, 0.1) is 13.8 Å². The van der Waals surface area contributed by atoms with E-state index in [1.165, 1.54) is 27.8 Å². The summed E-state index contributed by atoms with van der Waals surface area (Å²) in [5.41, 5.74) is 5.85. The Labute approximate surface area is 151 Å². The second kappa shape index (κ2) is 6.70. The minimum absolute atomic E-state index is 0.0250. The summed E-state index contributed by atoms with van der Waals surface area (Å²) in [6, 6.07) is 6.34. The van der Waals surface area contributed by atoms with E-state index in [4.69, 9.17) is 0 Å². The average molecular weight is 351 g/mol. The van der Waals surface area contributed by atoms with Gasteiger partial charge in [0.2, 0.25) is 5.91 Å². The standard InChI is InChI=1S/C18H21N7O/c1-12-6-7-14(8-13(12)2)25-17-5-3-4-16(15(17)9-20-25)21-18(26)10-24-11-19-22-23-24/h6-9,11,16H,3-5,10H2,1-2H3,(H,21,26). The first-order valence-corrected chi connectivity index (χ1v) is 8.76. The molecule has 2 heterocycles. The van der Waals surface area contributed by atoms with Gasteiger partial charge in [-0.3, -0.25) is 4.79 Å². The van der Waals surface area contributed by atoms with Crippen molar-refractivity contribution in [3.05, 3.63) is 53.1 Å². The van der Waals surface area contributed by atoms with Crippen LogP contribution in [0.1, 0.15) is 41.3 Å². The van der Waals surface area contributed by atoms with Crippen molar-refractivity contribution in [3.63, 3.8) is 0 Å². The summed E-state index contributed by atoms with van der Waals surface area (Å²) in [6.45, 7) is 4.33. The fraction of sp³-hybridized carbons (Fsp3) is 0.389. The second-order valence-corrected chi connectivity index (χ2v) is 6.75. The van der Waals surface area contributed by atoms with Gasteiger partial charge >= 0.3 is 0 Å². The SMILES string of the molecule is Cc1ccc(-n2ncc3c2CCCC3NC(=O)Cn2cnnn2)cc1C. The van der Waals surface area contributed by atoms with Gasteiger partial charge in [-0.2, -0.15) is 5.10 Å². The zero-order valence-corrected chi connectivity index (χ0v) is 14.9. The fourth-order valence-electron chi connectivity index (χ4n) is 3.43. The van der Waals surface area contributed by atoms with Crippen LogP contribution in [-0.4, -0.2) is 35.9 Å². The lowest BCUT2D eigenvalue weighted by molar-refractivity contribution is -0.122. The molecule has 1 N–H and O–H groups in total. The zero-order chi connectivity index (χ0) is 18.1. The molecule has 8 nitrogen and oxygen atoms in total. The largest absolute Gasteiger partial charge is 0.348 e. The number of aryl methyl sites for hydroxylation is 2. The molecule has 1 aliphatic rings. The van der Waals surface area contributed by atoms with Crippen molar-refractivity contribution in [2.24, 2.45) is 0 Å². The maximum atomic E-state index is 12.3. The van der Waals surface area contributed by atoms with Gasteiger partial charge < -0.3 is 5.32 Å². The second-order valence-electron chi connectivity index (χ2n) is 6.75. The first kappa shape index (κ1) is 16.4. The third-order valence-corrected chi connectivity index (χ3v) is 4.95. The molecule has 0 saturated carbocycles. The van der Waals surface area contributed by atoms with E-state index in [9.17, 15) is 4.79 Å². The zero-order valence-electron chi connectivity index (χ0n) is 14.9. The Hall–Kier alpha value is -3.03. The Kier molecular flexibility index (Phi) is 4.24. The maximum Gasteiger partial charge on any atom is 0.242 e. The Bertz CT molecular complexity index is 929. The van der Waals surface area contributed by atoms with Gasteiger partial charge in [0.05, 0.1) is 17.9 Å². The van der Waals surface area contributed by atoms with Crippen LogP contribution in [0.3, 0.4) is 0 Å². The lowest BCUT2D eigenvalue weighted by Gasteiger charge is -2.24. The summed E-state index contributed by atoms with van der Waals surface area (Å²) in [6.07, 6.45) is 6.20. The number of benzene rings is 1. The van der Waals surface area contributed by atoms with Crippen molar-refractivity contribution < 1.29 is 4.79 Å². The number of hydrogen-bond donors (Lipinski definition) is 1. The van der Waals surface area contributed by atoms with Crippen molar-refractivity contribution in [1.82, 2.24) is 35.3 Å². The molecule has 0 aliphatic heterocycles. The minimum atomic E-state index is -0.103. The molecule has 2 aromatic heterocycles. The summed E-state index contributed by atoms with van der Waals surface area (Å²) in [7, 11) is 0. The molecular formula is C18H21N7O. The Morgan fingerprint density at radius 3 is 2.96 bits per heavy atom. The number of aromatic nitrogens is 6. The number of carbonyl (C=O) groups excluding carboxylic acids is 1. The van der Waals surface area contributed by atoms with E-state index in [-0.39, 0.29) is 18.5 Å². The molecule has 3 aromatic rings. The number of tetrazole rings is 1. The van der Waals surface area contributed by atoms with Gasteiger partial charge in [-0.1, -0.05) is 6.07 Å². The quantitative estimate of drug-likeness (QED) is 0.772. The van der Waals surface area contributed by atoms with Gasteiger partial charge in [0.1, 0.15) is 12.9 Å². The van der Waals surface area contributed by atoms with Crippen LogP contribution in [0.25, 0.3) is 5.69 Å². The van der Waals surface area contributed by atoms with Crippen LogP contribution < -0.4 is 5.32 Å². The molecule has 1 aromatic carbocycles. The highest BCUT2D eigenvalue weighted by atomic mass is 16.2. The van der Waals surface area contributed by atoms with Gasteiger partial charge in [0.25, 0.3) is 0 Å². The summed E-state index contributed by atoms with van der Waals surface area (Å²) in [5.74, 6) is -0.103. The maximum absolute atomic E-state index is 12.3. The van der Waals surface area contributed by atoms with Crippen LogP contribution in [0.15, 0.2) is 30.7 Å². The molecule has 8 heteroatoms. The Morgan fingerprint density at radius 1 is 1.31 bits per heavy atom. The molecular weight excluding hydrogens is 330 g/mol. The van der Waals surface area contributed by atoms with E-state index in [2.05, 4.69) is 58.0 Å². The number of nitrogens with one attached hydrogen (secondary N) is 1. The lowest BCUT2D eigenvalue weighted by atomic mass is 9.92. The number of hydrogen-bond acceptors (Lipinski definition) is 5. The van der Waals surface area contributed by atoms with Crippen LogP contribution in [0.2, 0.25) is 0 Å². The molecule has 0 radical (unpaired) electrons. The summed E-state index contributed by atoms with van der Waals surface area (Å²) in [5, 5.41) is 18.5. The number of rotatable bonds is 4. The molecule has 0 saturated heterocycles. The molecule has 1 amide bonds. The molecule has 0 fully saturated rings. The highest BCUT2D eigenvalue weighted by molar-refractivity contribution is 5.76. The van der Waals surface area contributed by atoms with Gasteiger partial charge in [-0.05, 0) is 66.8 Å². The average Bonchev–Trinajstić information content (AvgIpc) is 3.27. The smallest absolute Gasteiger partial charge is 0.242 e. The summed E-state index contributed by atoms with van der Waals surface area (Å²) in [4.78, 5) is 12.3. The van der Waals surface area contributed by atoms with E-state index in [1.54, 1.807) is 0 Å². The van der Waals surface area contributed by atoms with Crippen molar-refractivity contribution >= 4 is 5.91 Å². The molecule has 26 heavy (non-hydrogen) atoms. The van der Waals surface area contributed by atoms with Gasteiger partial charge in [-0.15, -0.1) is 5.10 Å². The molecule has 134 valence electrons. The Morgan fingerprint density at radius 2 is 2.19 bits per heavy atom. The van der Waals surface area contributed by atoms with Gasteiger partial charge in [0, 0.05) is 11.3 Å². The van der Waals surface area contributed by atoms with Crippen LogP contribution in [-0.2, 0) is 17.8 Å². The summed E-state index contributed by atoms with van der Waals surface area (Å²) >= 11 is 0. The number of carbonyl (C=O) groups is 1. The van der Waals surface area contributed by atoms with E-state index >= 15 is 0 Å². The lowest BCUT2D eigenvalue weighted by Crippen LogP contribution is -2.33. The van der Waals surface area contributed by atoms with Crippen molar-refractivity contribution in [1.29, 1.82) is 0 Å². The normalized spacial score (nSPS) is 16.3. The van der Waals surface area contributed by atoms with Crippen molar-refractivity contribution in [2.75, 3.05) is 0 Å². The van der Waals surface area contributed by atoms with E-state index in [1.807, 2.05) is 10.9 Å².